The Kier molecular flexibility index (Phi) is 9.28. The molecular weight excluding hydrogens is 671 g/mol. The molecule has 248 valence electrons. The molecule has 2 aliphatic rings. The highest BCUT2D eigenvalue weighted by atomic mass is 32.2. The molecule has 1 fully saturated rings. The predicted octanol–water partition coefficient (Wildman–Crippen LogP) is 0.599. The Morgan fingerprint density at radius 3 is 2.81 bits per heavy atom. The number of piperazine rings is 1. The third kappa shape index (κ3) is 7.00. The summed E-state index contributed by atoms with van der Waals surface area (Å²) in [6.07, 6.45) is -0.310. The molecule has 6 rings (SSSR count). The van der Waals surface area contributed by atoms with E-state index in [0.717, 1.165) is 21.9 Å². The van der Waals surface area contributed by atoms with E-state index in [1.165, 1.54) is 28.8 Å². The summed E-state index contributed by atoms with van der Waals surface area (Å²) in [6.45, 7) is 2.67. The van der Waals surface area contributed by atoms with E-state index in [2.05, 4.69) is 52.9 Å². The molecule has 0 bridgehead atoms. The normalized spacial score (nSPS) is 19.0. The summed E-state index contributed by atoms with van der Waals surface area (Å²) in [4.78, 5) is 49.2. The van der Waals surface area contributed by atoms with E-state index in [0.29, 0.717) is 33.6 Å². The largest absolute Gasteiger partial charge is 0.451 e. The Hall–Kier alpha value is -4.37. The lowest BCUT2D eigenvalue weighted by Crippen LogP contribution is -2.57. The average Bonchev–Trinajstić information content (AvgIpc) is 3.83. The van der Waals surface area contributed by atoms with Gasteiger partial charge in [-0.05, 0) is 36.6 Å². The molecule has 3 amide bonds. The van der Waals surface area contributed by atoms with E-state index in [4.69, 9.17) is 5.73 Å². The number of aliphatic imine (C=N–C) groups is 1. The van der Waals surface area contributed by atoms with E-state index in [1.54, 1.807) is 23.1 Å². The summed E-state index contributed by atoms with van der Waals surface area (Å²) < 4.78 is 34.5. The van der Waals surface area contributed by atoms with Crippen LogP contribution in [0.5, 0.6) is 0 Å². The van der Waals surface area contributed by atoms with Gasteiger partial charge in [-0.15, -0.1) is 32.9 Å². The summed E-state index contributed by atoms with van der Waals surface area (Å²) in [5.74, 6) is -0.538. The SMILES string of the molecule is COC(=O)/N=C(/N)c1ccc2sc(S(=O)(=O)N3CCN(C(=O)c4nc5c(s4)CNC(C)C5)C(CC(=O)NCc4nn[nH]n4)C3)cc2c1. The number of aromatic amines is 1. The molecule has 5 heterocycles. The number of carbonyl (C=O) groups excluding carboxylic acids is 3. The summed E-state index contributed by atoms with van der Waals surface area (Å²) >= 11 is 2.40. The van der Waals surface area contributed by atoms with Gasteiger partial charge < -0.3 is 26.0 Å². The number of thiazole rings is 1. The van der Waals surface area contributed by atoms with Crippen LogP contribution in [0.4, 0.5) is 4.79 Å². The molecule has 47 heavy (non-hydrogen) atoms. The van der Waals surface area contributed by atoms with Crippen LogP contribution in [0.1, 0.15) is 45.1 Å². The number of amides is 3. The number of amidine groups is 1. The minimum Gasteiger partial charge on any atom is -0.451 e. The van der Waals surface area contributed by atoms with Crippen LogP contribution in [-0.2, 0) is 39.1 Å². The van der Waals surface area contributed by atoms with E-state index in [9.17, 15) is 22.8 Å². The highest BCUT2D eigenvalue weighted by Gasteiger charge is 2.39. The smallest absolute Gasteiger partial charge is 0.435 e. The van der Waals surface area contributed by atoms with Crippen LogP contribution < -0.4 is 16.4 Å². The number of tetrazole rings is 1. The number of nitrogens with zero attached hydrogens (tertiary/aromatic N) is 7. The van der Waals surface area contributed by atoms with Gasteiger partial charge in [0.05, 0.1) is 25.4 Å². The lowest BCUT2D eigenvalue weighted by Gasteiger charge is -2.40. The van der Waals surface area contributed by atoms with Crippen LogP contribution in [0.3, 0.4) is 0 Å². The molecule has 2 atom stereocenters. The second-order valence-corrected chi connectivity index (χ2v) is 15.3. The second-order valence-electron chi connectivity index (χ2n) is 11.0. The van der Waals surface area contributed by atoms with Crippen molar-refractivity contribution in [2.75, 3.05) is 26.7 Å². The van der Waals surface area contributed by atoms with Crippen molar-refractivity contribution in [3.8, 4) is 0 Å². The van der Waals surface area contributed by atoms with Gasteiger partial charge in [0.25, 0.3) is 15.9 Å². The first-order valence-electron chi connectivity index (χ1n) is 14.5. The Labute approximate surface area is 276 Å². The van der Waals surface area contributed by atoms with Gasteiger partial charge >= 0.3 is 6.09 Å². The van der Waals surface area contributed by atoms with Gasteiger partial charge in [-0.25, -0.2) is 18.2 Å². The third-order valence-electron chi connectivity index (χ3n) is 7.80. The summed E-state index contributed by atoms with van der Waals surface area (Å²) in [5, 5.41) is 20.4. The number of fused-ring (bicyclic) bond motifs is 2. The van der Waals surface area contributed by atoms with E-state index < -0.39 is 28.1 Å². The van der Waals surface area contributed by atoms with Crippen molar-refractivity contribution in [1.29, 1.82) is 0 Å². The van der Waals surface area contributed by atoms with E-state index >= 15 is 0 Å². The number of rotatable bonds is 8. The molecule has 0 spiro atoms. The maximum Gasteiger partial charge on any atom is 0.435 e. The fraction of sp³-hybridized carbons (Fsp3) is 0.407. The van der Waals surface area contributed by atoms with Crippen LogP contribution >= 0.6 is 22.7 Å². The number of ether oxygens (including phenoxy) is 1. The number of benzene rings is 1. The van der Waals surface area contributed by atoms with Crippen LogP contribution in [0.2, 0.25) is 0 Å². The molecule has 5 N–H and O–H groups in total. The van der Waals surface area contributed by atoms with Gasteiger partial charge in [0, 0.05) is 60.2 Å². The zero-order valence-electron chi connectivity index (χ0n) is 25.3. The molecule has 4 aromatic rings. The second kappa shape index (κ2) is 13.4. The number of hydrogen-bond donors (Lipinski definition) is 4. The maximum absolute atomic E-state index is 14.0. The topological polar surface area (TPSA) is 231 Å². The fourth-order valence-electron chi connectivity index (χ4n) is 5.37. The number of nitrogens with one attached hydrogen (secondary N) is 3. The quantitative estimate of drug-likeness (QED) is 0.146. The molecule has 0 aliphatic carbocycles. The van der Waals surface area contributed by atoms with Crippen LogP contribution in [-0.4, -0.2) is 106 Å². The number of hydrogen-bond acceptors (Lipinski definition) is 13. The van der Waals surface area contributed by atoms with E-state index in [1.807, 2.05) is 0 Å². The highest BCUT2D eigenvalue weighted by molar-refractivity contribution is 7.91. The van der Waals surface area contributed by atoms with Crippen molar-refractivity contribution in [2.45, 2.75) is 49.1 Å². The minimum atomic E-state index is -4.03. The maximum atomic E-state index is 14.0. The summed E-state index contributed by atoms with van der Waals surface area (Å²) in [5.41, 5.74) is 7.24. The van der Waals surface area contributed by atoms with E-state index in [-0.39, 0.29) is 60.4 Å². The van der Waals surface area contributed by atoms with Gasteiger partial charge in [0.2, 0.25) is 5.91 Å². The lowest BCUT2D eigenvalue weighted by atomic mass is 10.1. The lowest BCUT2D eigenvalue weighted by molar-refractivity contribution is -0.122. The standard InChI is InChI=1S/C27H31N11O6S3/c1-14-7-18-20(11-29-14)46-25(31-18)26(40)38-6-5-37(13-17(38)10-22(39)30-12-21-33-35-36-34-21)47(42,43)23-9-16-8-15(3-4-19(16)45-23)24(28)32-27(41)44-2/h3-4,8-9,14,17,29H,5-7,10-13H2,1-2H3,(H,30,39)(H2,28,32,41)(H,33,34,35,36). The van der Waals surface area contributed by atoms with Crippen molar-refractivity contribution >= 4 is 66.5 Å². The molecule has 17 nitrogen and oxygen atoms in total. The molecule has 1 saturated heterocycles. The van der Waals surface area contributed by atoms with Crippen LogP contribution in [0, 0.1) is 0 Å². The van der Waals surface area contributed by atoms with Gasteiger partial charge in [-0.3, -0.25) is 9.59 Å². The Bertz CT molecular complexity index is 1960. The monoisotopic (exact) mass is 701 g/mol. The van der Waals surface area contributed by atoms with Crippen LogP contribution in [0.15, 0.2) is 33.5 Å². The average molecular weight is 702 g/mol. The predicted molar refractivity (Wildman–Crippen MR) is 171 cm³/mol. The number of thiophene rings is 1. The minimum absolute atomic E-state index is 0.0149. The van der Waals surface area contributed by atoms with Crippen molar-refractivity contribution in [3.05, 3.63) is 51.2 Å². The summed E-state index contributed by atoms with van der Waals surface area (Å²) in [6, 6.07) is 5.98. The van der Waals surface area contributed by atoms with Gasteiger partial charge in [-0.1, -0.05) is 5.21 Å². The number of methoxy groups -OCH3 is 1. The summed E-state index contributed by atoms with van der Waals surface area (Å²) in [7, 11) is -2.84. The number of carbonyl (C=O) groups is 3. The molecule has 20 heteroatoms. The zero-order valence-corrected chi connectivity index (χ0v) is 27.7. The first-order valence-corrected chi connectivity index (χ1v) is 17.6. The highest BCUT2D eigenvalue weighted by Crippen LogP contribution is 2.33. The van der Waals surface area contributed by atoms with Gasteiger partial charge in [0.15, 0.2) is 10.8 Å². The number of H-pyrrole nitrogens is 1. The zero-order chi connectivity index (χ0) is 33.3. The molecule has 3 aromatic heterocycles. The molecule has 2 unspecified atom stereocenters. The van der Waals surface area contributed by atoms with Crippen molar-refractivity contribution in [3.63, 3.8) is 0 Å². The first-order chi connectivity index (χ1) is 22.5. The Morgan fingerprint density at radius 1 is 1.21 bits per heavy atom. The van der Waals surface area contributed by atoms with Gasteiger partial charge in [0.1, 0.15) is 10.0 Å². The van der Waals surface area contributed by atoms with Crippen LogP contribution in [0.25, 0.3) is 10.1 Å². The van der Waals surface area contributed by atoms with Crippen molar-refractivity contribution in [1.82, 2.24) is 45.4 Å². The Morgan fingerprint density at radius 2 is 2.04 bits per heavy atom. The number of nitrogens with two attached hydrogens (primary N) is 1. The molecular formula is C27H31N11O6S3. The fourth-order valence-corrected chi connectivity index (χ4v) is 9.37. The van der Waals surface area contributed by atoms with Gasteiger partial charge in [-0.2, -0.15) is 14.5 Å². The third-order valence-corrected chi connectivity index (χ3v) is 12.3. The van der Waals surface area contributed by atoms with Crippen molar-refractivity contribution in [2.24, 2.45) is 10.7 Å². The number of sulfonamides is 1. The molecule has 0 saturated carbocycles. The number of aromatic nitrogens is 5. The van der Waals surface area contributed by atoms with Crippen molar-refractivity contribution < 1.29 is 27.5 Å². The molecule has 2 aliphatic heterocycles. The Balaban J connectivity index is 1.24. The first kappa shape index (κ1) is 32.6. The molecule has 0 radical (unpaired) electrons. The molecule has 1 aromatic carbocycles.